The summed E-state index contributed by atoms with van der Waals surface area (Å²) < 4.78 is 93.0. The van der Waals surface area contributed by atoms with E-state index in [1.165, 1.54) is 18.0 Å². The summed E-state index contributed by atoms with van der Waals surface area (Å²) in [5.74, 6) is -0.518. The number of carbonyl (C=O) groups is 1. The Balaban J connectivity index is 1.94. The van der Waals surface area contributed by atoms with Crippen molar-refractivity contribution in [2.24, 2.45) is 10.7 Å². The number of hydrogen-bond donors (Lipinski definition) is 1. The van der Waals surface area contributed by atoms with Crippen LogP contribution in [0.4, 0.5) is 36.4 Å². The highest BCUT2D eigenvalue weighted by Crippen LogP contribution is 2.54. The van der Waals surface area contributed by atoms with Gasteiger partial charge in [0.25, 0.3) is 5.91 Å². The molecule has 5 nitrogen and oxygen atoms in total. The number of alkyl halides is 7. The summed E-state index contributed by atoms with van der Waals surface area (Å²) in [6, 6.07) is 3.72. The normalized spacial score (nSPS) is 16.0. The zero-order chi connectivity index (χ0) is 28.8. The monoisotopic (exact) mass is 620 g/mol. The van der Waals surface area contributed by atoms with Crippen molar-refractivity contribution in [3.8, 4) is 6.07 Å². The van der Waals surface area contributed by atoms with Crippen molar-refractivity contribution < 1.29 is 35.5 Å². The maximum Gasteiger partial charge on any atom is 0.435 e. The van der Waals surface area contributed by atoms with Crippen molar-refractivity contribution in [1.29, 1.82) is 5.26 Å². The van der Waals surface area contributed by atoms with E-state index in [0.29, 0.717) is 17.7 Å². The number of nitrogens with zero attached hydrogens (tertiary/aromatic N) is 3. The van der Waals surface area contributed by atoms with Crippen LogP contribution in [0.15, 0.2) is 29.4 Å². The van der Waals surface area contributed by atoms with E-state index in [-0.39, 0.29) is 27.6 Å². The molecule has 0 saturated heterocycles. The van der Waals surface area contributed by atoms with E-state index in [0.717, 1.165) is 23.8 Å². The number of rotatable bonds is 6. The topological polar surface area (TPSA) is 82.5 Å². The zero-order valence-electron chi connectivity index (χ0n) is 18.8. The largest absolute Gasteiger partial charge is 0.435 e. The van der Waals surface area contributed by atoms with Crippen LogP contribution in [0.2, 0.25) is 14.4 Å². The van der Waals surface area contributed by atoms with E-state index >= 15 is 0 Å². The molecule has 1 saturated carbocycles. The molecule has 0 atom stereocenters. The molecule has 1 fully saturated rings. The fourth-order valence-corrected chi connectivity index (χ4v) is 5.21. The summed E-state index contributed by atoms with van der Waals surface area (Å²) in [6.45, 7) is 0. The van der Waals surface area contributed by atoms with E-state index in [4.69, 9.17) is 40.5 Å². The minimum Gasteiger partial charge on any atom is -0.404 e. The number of benzene rings is 1. The van der Waals surface area contributed by atoms with Gasteiger partial charge in [-0.2, -0.15) is 31.6 Å². The van der Waals surface area contributed by atoms with Gasteiger partial charge in [-0.1, -0.05) is 34.8 Å². The van der Waals surface area contributed by atoms with Crippen LogP contribution in [0, 0.1) is 11.3 Å². The van der Waals surface area contributed by atoms with Crippen LogP contribution in [0.5, 0.6) is 0 Å². The molecule has 3 rings (SSSR count). The second kappa shape index (κ2) is 10.2. The van der Waals surface area contributed by atoms with Gasteiger partial charge < -0.3 is 10.6 Å². The fourth-order valence-electron chi connectivity index (χ4n) is 3.37. The van der Waals surface area contributed by atoms with Crippen LogP contribution in [-0.4, -0.2) is 42.0 Å². The first kappa shape index (κ1) is 30.0. The molecule has 1 aliphatic carbocycles. The summed E-state index contributed by atoms with van der Waals surface area (Å²) in [4.78, 5) is 18.3. The van der Waals surface area contributed by atoms with Crippen LogP contribution < -0.4 is 5.73 Å². The van der Waals surface area contributed by atoms with E-state index in [2.05, 4.69) is 11.1 Å². The first-order valence-corrected chi connectivity index (χ1v) is 12.2. The molecule has 204 valence electrons. The van der Waals surface area contributed by atoms with Crippen LogP contribution in [0.1, 0.15) is 33.6 Å². The number of aliphatic imine (C=N–C) groups is 1. The fraction of sp³-hybridized carbons (Fsp3) is 0.318. The number of halogens is 10. The van der Waals surface area contributed by atoms with Crippen molar-refractivity contribution >= 4 is 69.5 Å². The third-order valence-electron chi connectivity index (χ3n) is 5.79. The number of hydrogen-bond acceptors (Lipinski definition) is 5. The minimum atomic E-state index is -6.35. The van der Waals surface area contributed by atoms with Crippen molar-refractivity contribution in [1.82, 2.24) is 4.90 Å². The lowest BCUT2D eigenvalue weighted by Crippen LogP contribution is -2.50. The molecular formula is C22H14Cl3F7N4OS. The van der Waals surface area contributed by atoms with Crippen molar-refractivity contribution in [2.75, 3.05) is 7.05 Å². The van der Waals surface area contributed by atoms with E-state index < -0.39 is 50.8 Å². The Morgan fingerprint density at radius 2 is 1.63 bits per heavy atom. The molecule has 0 aliphatic heterocycles. The maximum absolute atomic E-state index is 14.4. The first-order chi connectivity index (χ1) is 17.4. The molecule has 1 heterocycles. The van der Waals surface area contributed by atoms with Gasteiger partial charge in [0.2, 0.25) is 0 Å². The summed E-state index contributed by atoms with van der Waals surface area (Å²) in [5.41, 5.74) is -3.16. The Morgan fingerprint density at radius 3 is 2.05 bits per heavy atom. The average Bonchev–Trinajstić information content (AvgIpc) is 3.53. The summed E-state index contributed by atoms with van der Waals surface area (Å²) >= 11 is 18.8. The molecule has 16 heteroatoms. The van der Waals surface area contributed by atoms with Crippen LogP contribution >= 0.6 is 46.1 Å². The molecule has 0 spiro atoms. The Bertz CT molecular complexity index is 1340. The summed E-state index contributed by atoms with van der Waals surface area (Å²) in [7, 11) is 1.46. The second-order valence-electron chi connectivity index (χ2n) is 8.13. The van der Waals surface area contributed by atoms with Gasteiger partial charge in [-0.3, -0.25) is 9.79 Å². The molecule has 1 aromatic carbocycles. The molecule has 38 heavy (non-hydrogen) atoms. The molecule has 2 aromatic rings. The predicted molar refractivity (Wildman–Crippen MR) is 131 cm³/mol. The Labute approximate surface area is 229 Å². The van der Waals surface area contributed by atoms with Crippen molar-refractivity contribution in [3.05, 3.63) is 54.8 Å². The highest BCUT2D eigenvalue weighted by Gasteiger charge is 2.73. The van der Waals surface area contributed by atoms with Gasteiger partial charge in [-0.25, -0.2) is 4.39 Å². The maximum atomic E-state index is 14.4. The van der Waals surface area contributed by atoms with E-state index in [9.17, 15) is 40.8 Å². The van der Waals surface area contributed by atoms with Crippen LogP contribution in [-0.2, 0) is 5.67 Å². The quantitative estimate of drug-likeness (QED) is 0.264. The van der Waals surface area contributed by atoms with Gasteiger partial charge in [0.15, 0.2) is 0 Å². The molecule has 1 aromatic heterocycles. The van der Waals surface area contributed by atoms with Gasteiger partial charge in [-0.15, -0.1) is 11.3 Å². The van der Waals surface area contributed by atoms with Gasteiger partial charge in [0.05, 0.1) is 21.7 Å². The number of allylic oxidation sites excluding steroid dienone is 1. The summed E-state index contributed by atoms with van der Waals surface area (Å²) in [5, 5.41) is 7.71. The molecule has 2 N–H and O–H groups in total. The van der Waals surface area contributed by atoms with Gasteiger partial charge in [0.1, 0.15) is 15.6 Å². The lowest BCUT2D eigenvalue weighted by Gasteiger charge is -2.30. The lowest BCUT2D eigenvalue weighted by molar-refractivity contribution is -0.348. The van der Waals surface area contributed by atoms with Gasteiger partial charge in [0, 0.05) is 35.5 Å². The number of thiophene rings is 1. The zero-order valence-corrected chi connectivity index (χ0v) is 21.9. The Kier molecular flexibility index (Phi) is 8.07. The third kappa shape index (κ3) is 5.19. The van der Waals surface area contributed by atoms with E-state index in [1.54, 1.807) is 0 Å². The number of nitriles is 1. The molecule has 1 aliphatic rings. The molecule has 0 unspecified atom stereocenters. The molecule has 1 amide bonds. The SMILES string of the molecule is CN(C(=O)c1cc(C(C=Nc2c(Cl)cc(C(F)(C(F)(F)F)C(F)(F)F)cc2Cl)=CN)sc1Cl)C1(C#N)CC1. The highest BCUT2D eigenvalue weighted by molar-refractivity contribution is 7.18. The smallest absolute Gasteiger partial charge is 0.404 e. The van der Waals surface area contributed by atoms with Crippen molar-refractivity contribution in [3.63, 3.8) is 0 Å². The summed E-state index contributed by atoms with van der Waals surface area (Å²) in [6.07, 6.45) is -9.62. The van der Waals surface area contributed by atoms with Gasteiger partial charge in [-0.05, 0) is 31.0 Å². The average molecular weight is 622 g/mol. The third-order valence-corrected chi connectivity index (χ3v) is 7.77. The highest BCUT2D eigenvalue weighted by atomic mass is 35.5. The van der Waals surface area contributed by atoms with Gasteiger partial charge >= 0.3 is 18.0 Å². The van der Waals surface area contributed by atoms with Crippen molar-refractivity contribution in [2.45, 2.75) is 36.4 Å². The number of nitrogens with two attached hydrogens (primary N) is 1. The predicted octanol–water partition coefficient (Wildman–Crippen LogP) is 7.83. The molecular weight excluding hydrogens is 608 g/mol. The minimum absolute atomic E-state index is 0.0670. The number of amides is 1. The Morgan fingerprint density at radius 1 is 1.11 bits per heavy atom. The van der Waals surface area contributed by atoms with Crippen LogP contribution in [0.25, 0.3) is 5.57 Å². The first-order valence-electron chi connectivity index (χ1n) is 10.2. The lowest BCUT2D eigenvalue weighted by atomic mass is 9.94. The standard InChI is InChI=1S/C22H14Cl3F7N4OS/c1-36(19(9-34)2-3-19)18(37)12-6-15(38-17(12)25)10(7-33)8-35-16-13(23)4-11(5-14(16)24)20(26,21(27,28)29)22(30,31)32/h4-8H,2-3,33H2,1H3. The molecule has 0 bridgehead atoms. The van der Waals surface area contributed by atoms with E-state index in [1.807, 2.05) is 0 Å². The second-order valence-corrected chi connectivity index (χ2v) is 10.6. The Hall–Kier alpha value is -2.53. The molecule has 0 radical (unpaired) electrons. The van der Waals surface area contributed by atoms with Crippen LogP contribution in [0.3, 0.4) is 0 Å². The number of carbonyl (C=O) groups excluding carboxylic acids is 1.